The largest absolute Gasteiger partial charge is 0.382 e. The molecule has 1 saturated heterocycles. The maximum Gasteiger partial charge on any atom is 0.190 e. The lowest BCUT2D eigenvalue weighted by molar-refractivity contribution is 0.141. The summed E-state index contributed by atoms with van der Waals surface area (Å²) < 4.78 is 5.34. The predicted octanol–water partition coefficient (Wildman–Crippen LogP) is 2.71. The molecule has 1 unspecified atom stereocenters. The summed E-state index contributed by atoms with van der Waals surface area (Å²) >= 11 is 0. The minimum absolute atomic E-state index is 0. The van der Waals surface area contributed by atoms with E-state index in [9.17, 15) is 0 Å². The summed E-state index contributed by atoms with van der Waals surface area (Å²) in [5, 5.41) is 6.87. The molecule has 0 aliphatic carbocycles. The first-order valence-corrected chi connectivity index (χ1v) is 8.93. The standard InChI is InChI=1S/C17H36N4O.HI/c1-5-22-12-7-6-10-19-17(18-4)20-13-16-9-8-11-21(14-16)15(2)3;/h15-16H,5-14H2,1-4H3,(H2,18,19,20);1H. The average molecular weight is 440 g/mol. The fourth-order valence-electron chi connectivity index (χ4n) is 2.87. The van der Waals surface area contributed by atoms with Gasteiger partial charge in [-0.15, -0.1) is 24.0 Å². The second-order valence-corrected chi connectivity index (χ2v) is 6.38. The van der Waals surface area contributed by atoms with Gasteiger partial charge < -0.3 is 20.3 Å². The van der Waals surface area contributed by atoms with Crippen molar-refractivity contribution in [1.29, 1.82) is 0 Å². The molecule has 0 spiro atoms. The first-order valence-electron chi connectivity index (χ1n) is 8.93. The SMILES string of the molecule is CCOCCCCNC(=NC)NCC1CCCN(C(C)C)C1.I. The summed E-state index contributed by atoms with van der Waals surface area (Å²) in [6.45, 7) is 12.7. The number of aliphatic imine (C=N–C) groups is 1. The number of rotatable bonds is 9. The van der Waals surface area contributed by atoms with Crippen molar-refractivity contribution in [2.75, 3.05) is 46.4 Å². The Balaban J connectivity index is 0.00000484. The molecular formula is C17H37IN4O. The van der Waals surface area contributed by atoms with Gasteiger partial charge in [-0.25, -0.2) is 0 Å². The number of ether oxygens (including phenoxy) is 1. The number of hydrogen-bond donors (Lipinski definition) is 2. The number of nitrogens with zero attached hydrogens (tertiary/aromatic N) is 2. The van der Waals surface area contributed by atoms with Crippen LogP contribution in [0.25, 0.3) is 0 Å². The highest BCUT2D eigenvalue weighted by Crippen LogP contribution is 2.17. The summed E-state index contributed by atoms with van der Waals surface area (Å²) in [5.41, 5.74) is 0. The van der Waals surface area contributed by atoms with E-state index in [2.05, 4.69) is 34.4 Å². The van der Waals surface area contributed by atoms with E-state index in [1.54, 1.807) is 0 Å². The Kier molecular flexibility index (Phi) is 14.2. The van der Waals surface area contributed by atoms with Crippen molar-refractivity contribution in [3.05, 3.63) is 0 Å². The van der Waals surface area contributed by atoms with Crippen LogP contribution in [0.1, 0.15) is 46.5 Å². The van der Waals surface area contributed by atoms with Crippen molar-refractivity contribution in [2.24, 2.45) is 10.9 Å². The van der Waals surface area contributed by atoms with Gasteiger partial charge in [0, 0.05) is 45.9 Å². The number of likely N-dealkylation sites (tertiary alicyclic amines) is 1. The zero-order valence-electron chi connectivity index (χ0n) is 15.4. The van der Waals surface area contributed by atoms with Gasteiger partial charge in [-0.05, 0) is 58.9 Å². The van der Waals surface area contributed by atoms with E-state index in [0.717, 1.165) is 51.0 Å². The Bertz CT molecular complexity index is 313. The number of unbranched alkanes of at least 4 members (excludes halogenated alkanes) is 1. The van der Waals surface area contributed by atoms with Crippen molar-refractivity contribution < 1.29 is 4.74 Å². The van der Waals surface area contributed by atoms with Crippen molar-refractivity contribution in [2.45, 2.75) is 52.5 Å². The molecule has 0 aromatic rings. The van der Waals surface area contributed by atoms with Crippen LogP contribution in [0.15, 0.2) is 4.99 Å². The topological polar surface area (TPSA) is 48.9 Å². The van der Waals surface area contributed by atoms with Crippen LogP contribution in [0.2, 0.25) is 0 Å². The van der Waals surface area contributed by atoms with Crippen LogP contribution in [0.5, 0.6) is 0 Å². The molecule has 0 saturated carbocycles. The molecule has 0 bridgehead atoms. The summed E-state index contributed by atoms with van der Waals surface area (Å²) in [6.07, 6.45) is 4.85. The molecule has 138 valence electrons. The highest BCUT2D eigenvalue weighted by Gasteiger charge is 2.21. The molecule has 1 heterocycles. The van der Waals surface area contributed by atoms with E-state index >= 15 is 0 Å². The molecular weight excluding hydrogens is 403 g/mol. The fraction of sp³-hybridized carbons (Fsp3) is 0.941. The zero-order valence-corrected chi connectivity index (χ0v) is 17.8. The van der Waals surface area contributed by atoms with Crippen molar-refractivity contribution in [3.8, 4) is 0 Å². The third-order valence-corrected chi connectivity index (χ3v) is 4.27. The van der Waals surface area contributed by atoms with E-state index in [0.29, 0.717) is 6.04 Å². The summed E-state index contributed by atoms with van der Waals surface area (Å²) in [6, 6.07) is 0.658. The van der Waals surface area contributed by atoms with Crippen LogP contribution >= 0.6 is 24.0 Å². The van der Waals surface area contributed by atoms with Crippen LogP contribution in [0.4, 0.5) is 0 Å². The minimum atomic E-state index is 0. The first-order chi connectivity index (χ1) is 10.7. The number of nitrogens with one attached hydrogen (secondary N) is 2. The van der Waals surface area contributed by atoms with Gasteiger partial charge in [0.1, 0.15) is 0 Å². The smallest absolute Gasteiger partial charge is 0.190 e. The van der Waals surface area contributed by atoms with Gasteiger partial charge in [-0.2, -0.15) is 0 Å². The molecule has 2 N–H and O–H groups in total. The van der Waals surface area contributed by atoms with Gasteiger partial charge in [-0.3, -0.25) is 4.99 Å². The molecule has 5 nitrogen and oxygen atoms in total. The third kappa shape index (κ3) is 10.4. The van der Waals surface area contributed by atoms with E-state index < -0.39 is 0 Å². The lowest BCUT2D eigenvalue weighted by Gasteiger charge is -2.35. The van der Waals surface area contributed by atoms with Gasteiger partial charge in [0.2, 0.25) is 0 Å². The molecule has 6 heteroatoms. The summed E-state index contributed by atoms with van der Waals surface area (Å²) in [4.78, 5) is 6.89. The zero-order chi connectivity index (χ0) is 16.2. The minimum Gasteiger partial charge on any atom is -0.382 e. The van der Waals surface area contributed by atoms with Gasteiger partial charge >= 0.3 is 0 Å². The van der Waals surface area contributed by atoms with Crippen LogP contribution in [0.3, 0.4) is 0 Å². The molecule has 0 radical (unpaired) electrons. The van der Waals surface area contributed by atoms with E-state index in [1.165, 1.54) is 25.9 Å². The Morgan fingerprint density at radius 2 is 2.09 bits per heavy atom. The Labute approximate surface area is 160 Å². The lowest BCUT2D eigenvalue weighted by Crippen LogP contribution is -2.46. The molecule has 1 aliphatic heterocycles. The number of hydrogen-bond acceptors (Lipinski definition) is 3. The second kappa shape index (κ2) is 14.3. The number of piperidine rings is 1. The van der Waals surface area contributed by atoms with Crippen LogP contribution in [0, 0.1) is 5.92 Å². The van der Waals surface area contributed by atoms with Crippen molar-refractivity contribution in [3.63, 3.8) is 0 Å². The molecule has 0 aromatic heterocycles. The second-order valence-electron chi connectivity index (χ2n) is 6.38. The Morgan fingerprint density at radius 1 is 1.30 bits per heavy atom. The molecule has 1 atom stereocenters. The molecule has 0 aromatic carbocycles. The maximum absolute atomic E-state index is 5.34. The first kappa shape index (κ1) is 22.9. The fourth-order valence-corrected chi connectivity index (χ4v) is 2.87. The lowest BCUT2D eigenvalue weighted by atomic mass is 9.97. The summed E-state index contributed by atoms with van der Waals surface area (Å²) in [5.74, 6) is 1.66. The van der Waals surface area contributed by atoms with E-state index in [1.807, 2.05) is 14.0 Å². The highest BCUT2D eigenvalue weighted by molar-refractivity contribution is 14.0. The normalized spacial score (nSPS) is 19.5. The van der Waals surface area contributed by atoms with Crippen molar-refractivity contribution in [1.82, 2.24) is 15.5 Å². The predicted molar refractivity (Wildman–Crippen MR) is 110 cm³/mol. The quantitative estimate of drug-likeness (QED) is 0.251. The summed E-state index contributed by atoms with van der Waals surface area (Å²) in [7, 11) is 1.84. The molecule has 1 fully saturated rings. The van der Waals surface area contributed by atoms with E-state index in [4.69, 9.17) is 4.74 Å². The van der Waals surface area contributed by atoms with Crippen LogP contribution < -0.4 is 10.6 Å². The number of guanidine groups is 1. The molecule has 0 amide bonds. The molecule has 23 heavy (non-hydrogen) atoms. The monoisotopic (exact) mass is 440 g/mol. The Hall–Kier alpha value is -0.0800. The number of halogens is 1. The average Bonchev–Trinajstić information content (AvgIpc) is 2.53. The van der Waals surface area contributed by atoms with Crippen LogP contribution in [-0.2, 0) is 4.74 Å². The van der Waals surface area contributed by atoms with Gasteiger partial charge in [0.05, 0.1) is 0 Å². The Morgan fingerprint density at radius 3 is 2.74 bits per heavy atom. The van der Waals surface area contributed by atoms with Crippen molar-refractivity contribution >= 4 is 29.9 Å². The van der Waals surface area contributed by atoms with Gasteiger partial charge in [-0.1, -0.05) is 0 Å². The molecule has 1 rings (SSSR count). The van der Waals surface area contributed by atoms with Gasteiger partial charge in [0.15, 0.2) is 5.96 Å². The van der Waals surface area contributed by atoms with Gasteiger partial charge in [0.25, 0.3) is 0 Å². The van der Waals surface area contributed by atoms with E-state index in [-0.39, 0.29) is 24.0 Å². The maximum atomic E-state index is 5.34. The highest BCUT2D eigenvalue weighted by atomic mass is 127. The third-order valence-electron chi connectivity index (χ3n) is 4.27. The van der Waals surface area contributed by atoms with Crippen LogP contribution in [-0.4, -0.2) is 63.3 Å². The molecule has 1 aliphatic rings.